The molecule has 0 aliphatic carbocycles. The lowest BCUT2D eigenvalue weighted by Crippen LogP contribution is -2.42. The number of hydrogen-bond donors (Lipinski definition) is 2. The first-order valence-corrected chi connectivity index (χ1v) is 6.79. The number of hydrogen-bond acceptors (Lipinski definition) is 4. The van der Waals surface area contributed by atoms with E-state index in [0.29, 0.717) is 12.5 Å². The molecular formula is C12H21N3OS. The molecule has 4 nitrogen and oxygen atoms in total. The van der Waals surface area contributed by atoms with Crippen LogP contribution in [0.4, 0.5) is 0 Å². The topological polar surface area (TPSA) is 54.0 Å². The van der Waals surface area contributed by atoms with Gasteiger partial charge in [0.15, 0.2) is 0 Å². The molecule has 17 heavy (non-hydrogen) atoms. The predicted molar refractivity (Wildman–Crippen MR) is 71.0 cm³/mol. The minimum Gasteiger partial charge on any atom is -0.354 e. The fourth-order valence-electron chi connectivity index (χ4n) is 1.27. The number of amides is 1. The van der Waals surface area contributed by atoms with E-state index in [-0.39, 0.29) is 11.9 Å². The molecule has 2 N–H and O–H groups in total. The van der Waals surface area contributed by atoms with Gasteiger partial charge in [0.05, 0.1) is 6.04 Å². The van der Waals surface area contributed by atoms with Crippen LogP contribution >= 0.6 is 11.3 Å². The van der Waals surface area contributed by atoms with Gasteiger partial charge in [0.2, 0.25) is 5.91 Å². The minimum absolute atomic E-state index is 0.0481. The molecule has 0 spiro atoms. The van der Waals surface area contributed by atoms with E-state index in [2.05, 4.69) is 29.5 Å². The monoisotopic (exact) mass is 255 g/mol. The van der Waals surface area contributed by atoms with Crippen molar-refractivity contribution >= 4 is 17.2 Å². The summed E-state index contributed by atoms with van der Waals surface area (Å²) in [5.41, 5.74) is 1.03. The molecule has 0 aliphatic heterocycles. The number of nitrogens with one attached hydrogen (secondary N) is 2. The van der Waals surface area contributed by atoms with E-state index in [0.717, 1.165) is 17.2 Å². The van der Waals surface area contributed by atoms with Gasteiger partial charge in [0.25, 0.3) is 0 Å². The van der Waals surface area contributed by atoms with E-state index >= 15 is 0 Å². The molecule has 0 fully saturated rings. The predicted octanol–water partition coefficient (Wildman–Crippen LogP) is 1.70. The van der Waals surface area contributed by atoms with E-state index in [4.69, 9.17) is 0 Å². The Bertz CT molecular complexity index is 362. The first-order valence-electron chi connectivity index (χ1n) is 5.91. The van der Waals surface area contributed by atoms with E-state index in [9.17, 15) is 4.79 Å². The van der Waals surface area contributed by atoms with Gasteiger partial charge in [-0.25, -0.2) is 4.98 Å². The van der Waals surface area contributed by atoms with Crippen molar-refractivity contribution in [2.75, 3.05) is 6.54 Å². The zero-order chi connectivity index (χ0) is 12.8. The van der Waals surface area contributed by atoms with Crippen molar-refractivity contribution in [3.05, 3.63) is 16.1 Å². The molecule has 1 aromatic rings. The van der Waals surface area contributed by atoms with Gasteiger partial charge in [-0.15, -0.1) is 11.3 Å². The Morgan fingerprint density at radius 1 is 1.47 bits per heavy atom. The highest BCUT2D eigenvalue weighted by molar-refractivity contribution is 7.09. The van der Waals surface area contributed by atoms with E-state index in [1.165, 1.54) is 0 Å². The summed E-state index contributed by atoms with van der Waals surface area (Å²) >= 11 is 1.62. The number of nitrogens with zero attached hydrogens (tertiary/aromatic N) is 1. The summed E-state index contributed by atoms with van der Waals surface area (Å²) < 4.78 is 0. The highest BCUT2D eigenvalue weighted by Gasteiger charge is 2.12. The normalized spacial score (nSPS) is 12.8. The van der Waals surface area contributed by atoms with Crippen molar-refractivity contribution in [2.24, 2.45) is 5.92 Å². The molecule has 1 rings (SSSR count). The maximum atomic E-state index is 11.7. The molecule has 5 heteroatoms. The molecule has 1 amide bonds. The minimum atomic E-state index is -0.182. The average Bonchev–Trinajstić information content (AvgIpc) is 2.68. The second-order valence-electron chi connectivity index (χ2n) is 4.62. The second kappa shape index (κ2) is 6.71. The summed E-state index contributed by atoms with van der Waals surface area (Å²) in [6.07, 6.45) is 0. The van der Waals surface area contributed by atoms with Gasteiger partial charge in [0.1, 0.15) is 5.01 Å². The standard InChI is InChI=1S/C12H21N3OS/c1-8(2)5-14-12(16)10(4)13-6-11-15-9(3)7-17-11/h7-8,10,13H,5-6H2,1-4H3,(H,14,16). The summed E-state index contributed by atoms with van der Waals surface area (Å²) in [7, 11) is 0. The molecule has 0 aromatic carbocycles. The first-order chi connectivity index (χ1) is 7.99. The van der Waals surface area contributed by atoms with E-state index < -0.39 is 0 Å². The maximum Gasteiger partial charge on any atom is 0.236 e. The van der Waals surface area contributed by atoms with Gasteiger partial charge in [-0.2, -0.15) is 0 Å². The van der Waals surface area contributed by atoms with Crippen molar-refractivity contribution in [2.45, 2.75) is 40.3 Å². The number of aromatic nitrogens is 1. The van der Waals surface area contributed by atoms with Crippen LogP contribution in [0.5, 0.6) is 0 Å². The lowest BCUT2D eigenvalue weighted by Gasteiger charge is -2.14. The Morgan fingerprint density at radius 3 is 2.71 bits per heavy atom. The lowest BCUT2D eigenvalue weighted by atomic mass is 10.2. The molecule has 1 atom stereocenters. The van der Waals surface area contributed by atoms with Crippen LogP contribution in [0, 0.1) is 12.8 Å². The van der Waals surface area contributed by atoms with E-state index in [1.54, 1.807) is 11.3 Å². The van der Waals surface area contributed by atoms with Crippen molar-refractivity contribution < 1.29 is 4.79 Å². The lowest BCUT2D eigenvalue weighted by molar-refractivity contribution is -0.122. The zero-order valence-electron chi connectivity index (χ0n) is 10.9. The fraction of sp³-hybridized carbons (Fsp3) is 0.667. The number of carbonyl (C=O) groups is 1. The first kappa shape index (κ1) is 14.1. The SMILES string of the molecule is Cc1csc(CNC(C)C(=O)NCC(C)C)n1. The van der Waals surface area contributed by atoms with E-state index in [1.807, 2.05) is 19.2 Å². The Hall–Kier alpha value is -0.940. The van der Waals surface area contributed by atoms with Gasteiger partial charge < -0.3 is 5.32 Å². The van der Waals surface area contributed by atoms with Crippen LogP contribution < -0.4 is 10.6 Å². The van der Waals surface area contributed by atoms with Crippen molar-refractivity contribution in [1.29, 1.82) is 0 Å². The Labute approximate surface area is 107 Å². The molecule has 0 aliphatic rings. The van der Waals surface area contributed by atoms with Gasteiger partial charge in [-0.05, 0) is 19.8 Å². The number of aryl methyl sites for hydroxylation is 1. The van der Waals surface area contributed by atoms with Crippen molar-refractivity contribution in [3.8, 4) is 0 Å². The smallest absolute Gasteiger partial charge is 0.236 e. The van der Waals surface area contributed by atoms with Gasteiger partial charge >= 0.3 is 0 Å². The van der Waals surface area contributed by atoms with Crippen LogP contribution in [0.25, 0.3) is 0 Å². The molecule has 0 bridgehead atoms. The van der Waals surface area contributed by atoms with Crippen LogP contribution in [0.15, 0.2) is 5.38 Å². The van der Waals surface area contributed by atoms with Crippen LogP contribution in [0.3, 0.4) is 0 Å². The third-order valence-corrected chi connectivity index (χ3v) is 3.27. The zero-order valence-corrected chi connectivity index (χ0v) is 11.7. The molecule has 1 aromatic heterocycles. The number of thiazole rings is 1. The van der Waals surface area contributed by atoms with Gasteiger partial charge in [-0.1, -0.05) is 13.8 Å². The van der Waals surface area contributed by atoms with Crippen LogP contribution in [-0.4, -0.2) is 23.5 Å². The van der Waals surface area contributed by atoms with Crippen LogP contribution in [-0.2, 0) is 11.3 Å². The Balaban J connectivity index is 2.29. The average molecular weight is 255 g/mol. The van der Waals surface area contributed by atoms with Crippen molar-refractivity contribution in [3.63, 3.8) is 0 Å². The Morgan fingerprint density at radius 2 is 2.18 bits per heavy atom. The molecular weight excluding hydrogens is 234 g/mol. The molecule has 1 unspecified atom stereocenters. The fourth-order valence-corrected chi connectivity index (χ4v) is 2.00. The van der Waals surface area contributed by atoms with Gasteiger partial charge in [-0.3, -0.25) is 10.1 Å². The highest BCUT2D eigenvalue weighted by atomic mass is 32.1. The molecule has 96 valence electrons. The molecule has 0 saturated heterocycles. The molecule has 0 saturated carbocycles. The maximum absolute atomic E-state index is 11.7. The van der Waals surface area contributed by atoms with Crippen LogP contribution in [0.1, 0.15) is 31.5 Å². The number of carbonyl (C=O) groups excluding carboxylic acids is 1. The quantitative estimate of drug-likeness (QED) is 0.813. The Kier molecular flexibility index (Phi) is 5.58. The molecule has 0 radical (unpaired) electrons. The summed E-state index contributed by atoms with van der Waals surface area (Å²) in [6.45, 7) is 9.37. The van der Waals surface area contributed by atoms with Gasteiger partial charge in [0, 0.05) is 24.2 Å². The third kappa shape index (κ3) is 5.28. The summed E-state index contributed by atoms with van der Waals surface area (Å²) in [5, 5.41) is 9.11. The van der Waals surface area contributed by atoms with Crippen molar-refractivity contribution in [1.82, 2.24) is 15.6 Å². The van der Waals surface area contributed by atoms with Crippen LogP contribution in [0.2, 0.25) is 0 Å². The molecule has 1 heterocycles. The largest absolute Gasteiger partial charge is 0.354 e. The highest BCUT2D eigenvalue weighted by Crippen LogP contribution is 2.08. The summed E-state index contributed by atoms with van der Waals surface area (Å²) in [6, 6.07) is -0.182. The second-order valence-corrected chi connectivity index (χ2v) is 5.57. The third-order valence-electron chi connectivity index (χ3n) is 2.30. The summed E-state index contributed by atoms with van der Waals surface area (Å²) in [5.74, 6) is 0.528. The number of rotatable bonds is 6. The summed E-state index contributed by atoms with van der Waals surface area (Å²) in [4.78, 5) is 16.0.